The number of halogens is 1. The van der Waals surface area contributed by atoms with Crippen molar-refractivity contribution in [3.63, 3.8) is 0 Å². The fraction of sp³-hybridized carbons (Fsp3) is 0.278. The standard InChI is InChI=1S/C18H21ClN2O6S2/c1-4-21(5-2)29(25,26)14-8-6-13(7-9-14)20-28(23,24)15-10-11-17(19)16(12-15)18(22)27-3/h6-12,20H,4-5H2,1-3H3. The molecule has 0 aromatic heterocycles. The zero-order valence-electron chi connectivity index (χ0n) is 16.0. The average molecular weight is 461 g/mol. The van der Waals surface area contributed by atoms with Crippen molar-refractivity contribution in [2.45, 2.75) is 23.6 Å². The van der Waals surface area contributed by atoms with E-state index >= 15 is 0 Å². The number of sulfonamides is 2. The van der Waals surface area contributed by atoms with Crippen molar-refractivity contribution in [3.8, 4) is 0 Å². The Morgan fingerprint density at radius 1 is 1.00 bits per heavy atom. The summed E-state index contributed by atoms with van der Waals surface area (Å²) in [6.45, 7) is 4.12. The van der Waals surface area contributed by atoms with E-state index < -0.39 is 26.0 Å². The average Bonchev–Trinajstić information content (AvgIpc) is 2.68. The molecule has 29 heavy (non-hydrogen) atoms. The molecule has 0 unspecified atom stereocenters. The van der Waals surface area contributed by atoms with Crippen molar-refractivity contribution in [2.75, 3.05) is 24.9 Å². The highest BCUT2D eigenvalue weighted by Gasteiger charge is 2.22. The molecule has 11 heteroatoms. The minimum Gasteiger partial charge on any atom is -0.465 e. The van der Waals surface area contributed by atoms with E-state index in [0.29, 0.717) is 13.1 Å². The first-order valence-corrected chi connectivity index (χ1v) is 11.9. The van der Waals surface area contributed by atoms with E-state index in [2.05, 4.69) is 9.46 Å². The second kappa shape index (κ2) is 9.12. The van der Waals surface area contributed by atoms with Crippen molar-refractivity contribution in [1.82, 2.24) is 4.31 Å². The number of benzene rings is 2. The van der Waals surface area contributed by atoms with E-state index in [1.165, 1.54) is 40.7 Å². The number of esters is 1. The maximum Gasteiger partial charge on any atom is 0.339 e. The van der Waals surface area contributed by atoms with Gasteiger partial charge < -0.3 is 4.74 Å². The summed E-state index contributed by atoms with van der Waals surface area (Å²) in [5, 5.41) is 0.0572. The maximum atomic E-state index is 12.6. The summed E-state index contributed by atoms with van der Waals surface area (Å²) >= 11 is 5.91. The number of hydrogen-bond acceptors (Lipinski definition) is 6. The molecule has 0 spiro atoms. The van der Waals surface area contributed by atoms with Gasteiger partial charge in [0.15, 0.2) is 0 Å². The molecule has 2 rings (SSSR count). The number of hydrogen-bond donors (Lipinski definition) is 1. The lowest BCUT2D eigenvalue weighted by Gasteiger charge is -2.18. The first-order chi connectivity index (χ1) is 13.6. The number of nitrogens with zero attached hydrogens (tertiary/aromatic N) is 1. The Morgan fingerprint density at radius 3 is 2.07 bits per heavy atom. The van der Waals surface area contributed by atoms with Crippen LogP contribution >= 0.6 is 11.6 Å². The molecule has 0 aliphatic heterocycles. The molecular weight excluding hydrogens is 440 g/mol. The fourth-order valence-electron chi connectivity index (χ4n) is 2.56. The van der Waals surface area contributed by atoms with Gasteiger partial charge in [-0.25, -0.2) is 21.6 Å². The molecule has 158 valence electrons. The van der Waals surface area contributed by atoms with E-state index in [4.69, 9.17) is 11.6 Å². The van der Waals surface area contributed by atoms with E-state index in [9.17, 15) is 21.6 Å². The molecule has 0 saturated carbocycles. The molecule has 2 aromatic carbocycles. The Labute approximate surface area is 175 Å². The van der Waals surface area contributed by atoms with Crippen LogP contribution in [0.5, 0.6) is 0 Å². The Bertz CT molecular complexity index is 1100. The van der Waals surface area contributed by atoms with Crippen LogP contribution in [0.1, 0.15) is 24.2 Å². The number of carbonyl (C=O) groups is 1. The van der Waals surface area contributed by atoms with Gasteiger partial charge in [0.25, 0.3) is 10.0 Å². The van der Waals surface area contributed by atoms with Crippen LogP contribution < -0.4 is 4.72 Å². The molecule has 0 aliphatic carbocycles. The van der Waals surface area contributed by atoms with Crippen LogP contribution in [0.4, 0.5) is 5.69 Å². The first kappa shape index (κ1) is 23.1. The SMILES string of the molecule is CCN(CC)S(=O)(=O)c1ccc(NS(=O)(=O)c2ccc(Cl)c(C(=O)OC)c2)cc1. The predicted molar refractivity (Wildman–Crippen MR) is 110 cm³/mol. The van der Waals surface area contributed by atoms with Crippen LogP contribution in [0.15, 0.2) is 52.3 Å². The van der Waals surface area contributed by atoms with Gasteiger partial charge in [-0.1, -0.05) is 25.4 Å². The molecule has 0 aliphatic rings. The lowest BCUT2D eigenvalue weighted by atomic mass is 10.2. The summed E-state index contributed by atoms with van der Waals surface area (Å²) in [7, 11) is -6.53. The number of carbonyl (C=O) groups excluding carboxylic acids is 1. The van der Waals surface area contributed by atoms with E-state index in [1.54, 1.807) is 13.8 Å². The second-order valence-corrected chi connectivity index (χ2v) is 9.88. The van der Waals surface area contributed by atoms with Gasteiger partial charge in [0.05, 0.1) is 27.5 Å². The summed E-state index contributed by atoms with van der Waals surface area (Å²) in [6.07, 6.45) is 0. The maximum absolute atomic E-state index is 12.6. The van der Waals surface area contributed by atoms with Crippen LogP contribution in [0.2, 0.25) is 5.02 Å². The molecule has 0 amide bonds. The largest absolute Gasteiger partial charge is 0.465 e. The molecule has 0 bridgehead atoms. The Kier molecular flexibility index (Phi) is 7.28. The van der Waals surface area contributed by atoms with Crippen molar-refractivity contribution in [2.24, 2.45) is 0 Å². The highest BCUT2D eigenvalue weighted by Crippen LogP contribution is 2.24. The van der Waals surface area contributed by atoms with Crippen LogP contribution in [-0.2, 0) is 24.8 Å². The monoisotopic (exact) mass is 460 g/mol. The van der Waals surface area contributed by atoms with Gasteiger partial charge in [0.2, 0.25) is 10.0 Å². The summed E-state index contributed by atoms with van der Waals surface area (Å²) < 4.78 is 58.5. The molecule has 0 fully saturated rings. The quantitative estimate of drug-likeness (QED) is 0.606. The Morgan fingerprint density at radius 2 is 1.55 bits per heavy atom. The highest BCUT2D eigenvalue weighted by atomic mass is 35.5. The molecule has 0 radical (unpaired) electrons. The Balaban J connectivity index is 2.31. The lowest BCUT2D eigenvalue weighted by Crippen LogP contribution is -2.30. The van der Waals surface area contributed by atoms with Crippen molar-refractivity contribution < 1.29 is 26.4 Å². The van der Waals surface area contributed by atoms with Crippen LogP contribution in [0, 0.1) is 0 Å². The van der Waals surface area contributed by atoms with E-state index in [1.807, 2.05) is 0 Å². The minimum absolute atomic E-state index is 0.0572. The first-order valence-electron chi connectivity index (χ1n) is 8.57. The molecular formula is C18H21ClN2O6S2. The molecule has 8 nitrogen and oxygen atoms in total. The smallest absolute Gasteiger partial charge is 0.339 e. The van der Waals surface area contributed by atoms with Crippen molar-refractivity contribution in [3.05, 3.63) is 53.1 Å². The lowest BCUT2D eigenvalue weighted by molar-refractivity contribution is 0.0600. The summed E-state index contributed by atoms with van der Waals surface area (Å²) in [6, 6.07) is 8.99. The predicted octanol–water partition coefficient (Wildman–Crippen LogP) is 2.96. The van der Waals surface area contributed by atoms with Gasteiger partial charge in [-0.2, -0.15) is 4.31 Å². The van der Waals surface area contributed by atoms with E-state index in [0.717, 1.165) is 13.2 Å². The Hall–Kier alpha value is -2.14. The summed E-state index contributed by atoms with van der Waals surface area (Å²) in [4.78, 5) is 11.6. The normalized spacial score (nSPS) is 12.0. The third-order valence-corrected chi connectivity index (χ3v) is 7.88. The second-order valence-electron chi connectivity index (χ2n) is 5.85. The van der Waals surface area contributed by atoms with Crippen molar-refractivity contribution in [1.29, 1.82) is 0 Å². The van der Waals surface area contributed by atoms with Gasteiger partial charge in [-0.05, 0) is 42.5 Å². The molecule has 0 atom stereocenters. The third-order valence-electron chi connectivity index (χ3n) is 4.10. The van der Waals surface area contributed by atoms with Gasteiger partial charge in [-0.3, -0.25) is 4.72 Å². The summed E-state index contributed by atoms with van der Waals surface area (Å²) in [5.74, 6) is -0.766. The van der Waals surface area contributed by atoms with Gasteiger partial charge in [0.1, 0.15) is 0 Å². The van der Waals surface area contributed by atoms with Crippen LogP contribution in [0.3, 0.4) is 0 Å². The summed E-state index contributed by atoms with van der Waals surface area (Å²) in [5.41, 5.74) is 0.0794. The fourth-order valence-corrected chi connectivity index (χ4v) is 5.30. The minimum atomic E-state index is -4.04. The zero-order valence-corrected chi connectivity index (χ0v) is 18.4. The van der Waals surface area contributed by atoms with Gasteiger partial charge >= 0.3 is 5.97 Å². The van der Waals surface area contributed by atoms with Crippen LogP contribution in [-0.4, -0.2) is 47.3 Å². The molecule has 2 aromatic rings. The molecule has 1 N–H and O–H groups in total. The highest BCUT2D eigenvalue weighted by molar-refractivity contribution is 7.92. The zero-order chi connectivity index (χ0) is 21.8. The number of nitrogens with one attached hydrogen (secondary N) is 1. The van der Waals surface area contributed by atoms with Gasteiger partial charge in [0, 0.05) is 18.8 Å². The third kappa shape index (κ3) is 5.08. The molecule has 0 heterocycles. The number of ether oxygens (including phenoxy) is 1. The number of anilines is 1. The van der Waals surface area contributed by atoms with E-state index in [-0.39, 0.29) is 26.1 Å². The molecule has 0 saturated heterocycles. The van der Waals surface area contributed by atoms with Gasteiger partial charge in [-0.15, -0.1) is 0 Å². The van der Waals surface area contributed by atoms with Crippen LogP contribution in [0.25, 0.3) is 0 Å². The number of rotatable bonds is 8. The number of methoxy groups -OCH3 is 1. The van der Waals surface area contributed by atoms with Crippen molar-refractivity contribution >= 4 is 43.3 Å². The topological polar surface area (TPSA) is 110 Å².